The summed E-state index contributed by atoms with van der Waals surface area (Å²) in [5.74, 6) is 0.832. The van der Waals surface area contributed by atoms with E-state index in [1.54, 1.807) is 17.5 Å². The van der Waals surface area contributed by atoms with Gasteiger partial charge in [0, 0.05) is 5.69 Å². The van der Waals surface area contributed by atoms with Gasteiger partial charge in [0.1, 0.15) is 4.34 Å². The lowest BCUT2D eigenvalue weighted by molar-refractivity contribution is 0.590. The van der Waals surface area contributed by atoms with Crippen molar-refractivity contribution in [2.24, 2.45) is 0 Å². The maximum Gasteiger partial charge on any atom is 0.203 e. The molecule has 1 aromatic carbocycles. The summed E-state index contributed by atoms with van der Waals surface area (Å²) in [7, 11) is 0. The predicted molar refractivity (Wildman–Crippen MR) is 115 cm³/mol. The SMILES string of the molecule is CC(C)(C)c1ccc(-n2c(Sc3ncc(Cl)s3)nnc2-c2cccs2)cc1. The number of aromatic nitrogens is 4. The standard InChI is InChI=1S/C19H17ClN4S3/c1-19(2,3)12-6-8-13(9-7-12)24-16(14-5-4-10-25-14)22-23-17(24)27-18-21-11-15(20)26-18/h4-11H,1-3H3. The van der Waals surface area contributed by atoms with Gasteiger partial charge in [0.2, 0.25) is 5.16 Å². The van der Waals surface area contributed by atoms with E-state index < -0.39 is 0 Å². The fourth-order valence-electron chi connectivity index (χ4n) is 2.61. The van der Waals surface area contributed by atoms with Crippen LogP contribution in [0.2, 0.25) is 4.34 Å². The van der Waals surface area contributed by atoms with Gasteiger partial charge in [-0.2, -0.15) is 0 Å². The Labute approximate surface area is 175 Å². The van der Waals surface area contributed by atoms with E-state index in [4.69, 9.17) is 11.6 Å². The first-order chi connectivity index (χ1) is 12.9. The molecule has 0 radical (unpaired) electrons. The second-order valence-electron chi connectivity index (χ2n) is 6.95. The van der Waals surface area contributed by atoms with Gasteiger partial charge in [0.25, 0.3) is 0 Å². The van der Waals surface area contributed by atoms with Gasteiger partial charge in [0.05, 0.1) is 11.1 Å². The minimum Gasteiger partial charge on any atom is -0.269 e. The number of halogens is 1. The van der Waals surface area contributed by atoms with Crippen LogP contribution in [0, 0.1) is 0 Å². The highest BCUT2D eigenvalue weighted by molar-refractivity contribution is 8.00. The lowest BCUT2D eigenvalue weighted by atomic mass is 9.87. The van der Waals surface area contributed by atoms with Crippen LogP contribution in [-0.4, -0.2) is 19.7 Å². The molecular weight excluding hydrogens is 416 g/mol. The van der Waals surface area contributed by atoms with Gasteiger partial charge >= 0.3 is 0 Å². The molecule has 0 spiro atoms. The van der Waals surface area contributed by atoms with Gasteiger partial charge in [0.15, 0.2) is 10.2 Å². The molecule has 0 bridgehead atoms. The molecule has 0 aliphatic rings. The van der Waals surface area contributed by atoms with Crippen molar-refractivity contribution in [1.29, 1.82) is 0 Å². The van der Waals surface area contributed by atoms with Crippen molar-refractivity contribution in [3.63, 3.8) is 0 Å². The zero-order valence-electron chi connectivity index (χ0n) is 15.0. The Morgan fingerprint density at radius 1 is 1.07 bits per heavy atom. The molecular formula is C19H17ClN4S3. The molecule has 4 aromatic rings. The average Bonchev–Trinajstić information content (AvgIpc) is 3.35. The number of thiazole rings is 1. The lowest BCUT2D eigenvalue weighted by Gasteiger charge is -2.19. The molecule has 4 nitrogen and oxygen atoms in total. The van der Waals surface area contributed by atoms with Crippen LogP contribution in [0.4, 0.5) is 0 Å². The summed E-state index contributed by atoms with van der Waals surface area (Å²) < 4.78 is 3.59. The van der Waals surface area contributed by atoms with Crippen molar-refractivity contribution < 1.29 is 0 Å². The van der Waals surface area contributed by atoms with E-state index in [0.29, 0.717) is 4.34 Å². The van der Waals surface area contributed by atoms with E-state index in [-0.39, 0.29) is 5.41 Å². The van der Waals surface area contributed by atoms with Crippen LogP contribution in [0.15, 0.2) is 57.5 Å². The van der Waals surface area contributed by atoms with Gasteiger partial charge in [-0.15, -0.1) is 21.5 Å². The van der Waals surface area contributed by atoms with Crippen molar-refractivity contribution in [1.82, 2.24) is 19.7 Å². The number of rotatable bonds is 4. The summed E-state index contributed by atoms with van der Waals surface area (Å²) in [6.45, 7) is 6.64. The third-order valence-electron chi connectivity index (χ3n) is 4.00. The van der Waals surface area contributed by atoms with Gasteiger partial charge in [-0.25, -0.2) is 4.98 Å². The Balaban J connectivity index is 1.80. The lowest BCUT2D eigenvalue weighted by Crippen LogP contribution is -2.11. The third-order valence-corrected chi connectivity index (χ3v) is 7.00. The quantitative estimate of drug-likeness (QED) is 0.366. The Bertz CT molecular complexity index is 1040. The normalized spacial score (nSPS) is 11.9. The monoisotopic (exact) mass is 432 g/mol. The highest BCUT2D eigenvalue weighted by Gasteiger charge is 2.20. The highest BCUT2D eigenvalue weighted by atomic mass is 35.5. The maximum atomic E-state index is 6.03. The third kappa shape index (κ3) is 3.96. The molecule has 27 heavy (non-hydrogen) atoms. The Hall–Kier alpha value is -1.67. The summed E-state index contributed by atoms with van der Waals surface area (Å²) in [4.78, 5) is 5.41. The van der Waals surface area contributed by atoms with Gasteiger partial charge < -0.3 is 0 Å². The van der Waals surface area contributed by atoms with Crippen LogP contribution in [-0.2, 0) is 5.41 Å². The summed E-state index contributed by atoms with van der Waals surface area (Å²) in [6, 6.07) is 12.7. The topological polar surface area (TPSA) is 43.6 Å². The fraction of sp³-hybridized carbons (Fsp3) is 0.211. The molecule has 4 rings (SSSR count). The van der Waals surface area contributed by atoms with Crippen LogP contribution < -0.4 is 0 Å². The molecule has 3 heterocycles. The predicted octanol–water partition coefficient (Wildman–Crippen LogP) is 6.55. The van der Waals surface area contributed by atoms with Crippen molar-refractivity contribution in [3.8, 4) is 16.4 Å². The first kappa shape index (κ1) is 18.7. The molecule has 138 valence electrons. The first-order valence-corrected chi connectivity index (χ1v) is 11.2. The van der Waals surface area contributed by atoms with Crippen LogP contribution in [0.1, 0.15) is 26.3 Å². The number of hydrogen-bond donors (Lipinski definition) is 0. The molecule has 0 aliphatic carbocycles. The van der Waals surface area contributed by atoms with Gasteiger partial charge in [-0.05, 0) is 46.3 Å². The Morgan fingerprint density at radius 3 is 2.44 bits per heavy atom. The van der Waals surface area contributed by atoms with E-state index in [2.05, 4.69) is 70.9 Å². The van der Waals surface area contributed by atoms with Gasteiger partial charge in [-0.1, -0.05) is 61.9 Å². The molecule has 3 aromatic heterocycles. The van der Waals surface area contributed by atoms with Crippen LogP contribution in [0.5, 0.6) is 0 Å². The largest absolute Gasteiger partial charge is 0.269 e. The smallest absolute Gasteiger partial charge is 0.203 e. The van der Waals surface area contributed by atoms with Gasteiger partial charge in [-0.3, -0.25) is 4.57 Å². The van der Waals surface area contributed by atoms with Crippen LogP contribution in [0.25, 0.3) is 16.4 Å². The first-order valence-electron chi connectivity index (χ1n) is 8.31. The van der Waals surface area contributed by atoms with Crippen molar-refractivity contribution in [2.45, 2.75) is 35.7 Å². The van der Waals surface area contributed by atoms with E-state index in [1.807, 2.05) is 11.4 Å². The number of nitrogens with zero attached hydrogens (tertiary/aromatic N) is 4. The average molecular weight is 433 g/mol. The molecule has 8 heteroatoms. The van der Waals surface area contributed by atoms with Crippen LogP contribution in [0.3, 0.4) is 0 Å². The number of benzene rings is 1. The van der Waals surface area contributed by atoms with Crippen molar-refractivity contribution >= 4 is 46.0 Å². The van der Waals surface area contributed by atoms with E-state index in [1.165, 1.54) is 28.7 Å². The summed E-state index contributed by atoms with van der Waals surface area (Å²) in [5.41, 5.74) is 2.43. The Morgan fingerprint density at radius 2 is 1.85 bits per heavy atom. The summed E-state index contributed by atoms with van der Waals surface area (Å²) in [6.07, 6.45) is 1.66. The van der Waals surface area contributed by atoms with Crippen molar-refractivity contribution in [2.75, 3.05) is 0 Å². The second kappa shape index (κ2) is 7.39. The molecule has 0 aliphatic heterocycles. The maximum absolute atomic E-state index is 6.03. The molecule has 0 atom stereocenters. The molecule has 0 N–H and O–H groups in total. The van der Waals surface area contributed by atoms with E-state index in [9.17, 15) is 0 Å². The minimum atomic E-state index is 0.109. The number of thiophene rings is 1. The molecule has 0 amide bonds. The summed E-state index contributed by atoms with van der Waals surface area (Å²) >= 11 is 10.6. The Kier molecular flexibility index (Phi) is 5.11. The fourth-order valence-corrected chi connectivity index (χ4v) is 5.38. The van der Waals surface area contributed by atoms with Crippen LogP contribution >= 0.6 is 46.0 Å². The van der Waals surface area contributed by atoms with E-state index in [0.717, 1.165) is 25.9 Å². The van der Waals surface area contributed by atoms with Crippen molar-refractivity contribution in [3.05, 3.63) is 57.9 Å². The minimum absolute atomic E-state index is 0.109. The summed E-state index contributed by atoms with van der Waals surface area (Å²) in [5, 5.41) is 11.7. The molecule has 0 saturated heterocycles. The zero-order chi connectivity index (χ0) is 19.0. The molecule has 0 unspecified atom stereocenters. The zero-order valence-corrected chi connectivity index (χ0v) is 18.2. The molecule has 0 fully saturated rings. The second-order valence-corrected chi connectivity index (χ2v) is 10.8. The molecule has 0 saturated carbocycles. The highest BCUT2D eigenvalue weighted by Crippen LogP contribution is 2.36. The van der Waals surface area contributed by atoms with E-state index >= 15 is 0 Å². The number of hydrogen-bond acceptors (Lipinski definition) is 6.